The van der Waals surface area contributed by atoms with Gasteiger partial charge in [-0.2, -0.15) is 0 Å². The van der Waals surface area contributed by atoms with E-state index in [2.05, 4.69) is 26.1 Å². The molecule has 0 aliphatic heterocycles. The van der Waals surface area contributed by atoms with Gasteiger partial charge in [-0.05, 0) is 35.4 Å². The third-order valence-electron chi connectivity index (χ3n) is 6.04. The number of amides is 1. The second-order valence-electron chi connectivity index (χ2n) is 8.70. The predicted molar refractivity (Wildman–Crippen MR) is 111 cm³/mol. The molecule has 1 N–H and O–H groups in total. The molecule has 0 heterocycles. The molecule has 2 aromatic rings. The highest BCUT2D eigenvalue weighted by Crippen LogP contribution is 2.42. The topological polar surface area (TPSA) is 72.2 Å². The number of carbonyl (C=O) groups is 1. The first-order valence-electron chi connectivity index (χ1n) is 9.90. The van der Waals surface area contributed by atoms with E-state index in [9.17, 15) is 14.9 Å². The van der Waals surface area contributed by atoms with Gasteiger partial charge in [0.25, 0.3) is 11.6 Å². The van der Waals surface area contributed by atoms with Crippen LogP contribution in [0.3, 0.4) is 0 Å². The van der Waals surface area contributed by atoms with Crippen molar-refractivity contribution in [3.05, 3.63) is 64.2 Å². The number of carbonyl (C=O) groups excluding carboxylic acids is 1. The molecule has 0 unspecified atom stereocenters. The summed E-state index contributed by atoms with van der Waals surface area (Å²) in [6.45, 7) is 6.39. The maximum Gasteiger partial charge on any atom is 0.282 e. The van der Waals surface area contributed by atoms with Crippen LogP contribution in [-0.2, 0) is 0 Å². The molecule has 2 aromatic carbocycles. The second kappa shape index (κ2) is 7.74. The zero-order valence-electron chi connectivity index (χ0n) is 16.8. The highest BCUT2D eigenvalue weighted by Gasteiger charge is 2.44. The van der Waals surface area contributed by atoms with Crippen LogP contribution in [0.4, 0.5) is 5.69 Å². The van der Waals surface area contributed by atoms with Gasteiger partial charge in [0, 0.05) is 11.6 Å². The SMILES string of the molecule is CC(C)(C)C1(NC(=O)c2ccc(-c3ccccc3)cc2[N+](=O)[O-])CCCCC1. The van der Waals surface area contributed by atoms with Gasteiger partial charge in [0.1, 0.15) is 5.56 Å². The maximum absolute atomic E-state index is 13.1. The number of hydrogen-bond donors (Lipinski definition) is 1. The number of nitrogens with zero attached hydrogens (tertiary/aromatic N) is 1. The van der Waals surface area contributed by atoms with E-state index in [0.29, 0.717) is 0 Å². The zero-order valence-corrected chi connectivity index (χ0v) is 16.8. The minimum Gasteiger partial charge on any atom is -0.346 e. The lowest BCUT2D eigenvalue weighted by Gasteiger charge is -2.48. The molecule has 1 saturated carbocycles. The molecule has 0 aromatic heterocycles. The summed E-state index contributed by atoms with van der Waals surface area (Å²) in [5.74, 6) is -0.358. The number of rotatable bonds is 4. The van der Waals surface area contributed by atoms with Gasteiger partial charge in [0.15, 0.2) is 0 Å². The Morgan fingerprint density at radius 3 is 2.21 bits per heavy atom. The Kier molecular flexibility index (Phi) is 5.54. The molecule has 0 radical (unpaired) electrons. The molecule has 5 nitrogen and oxygen atoms in total. The normalized spacial score (nSPS) is 16.4. The van der Waals surface area contributed by atoms with Gasteiger partial charge >= 0.3 is 0 Å². The van der Waals surface area contributed by atoms with Crippen LogP contribution in [0.1, 0.15) is 63.2 Å². The lowest BCUT2D eigenvalue weighted by atomic mass is 9.65. The molecule has 0 bridgehead atoms. The molecule has 0 atom stereocenters. The zero-order chi connectivity index (χ0) is 20.4. The number of nitro benzene ring substituents is 1. The van der Waals surface area contributed by atoms with Crippen molar-refractivity contribution in [2.24, 2.45) is 5.41 Å². The van der Waals surface area contributed by atoms with Crippen LogP contribution in [0.15, 0.2) is 48.5 Å². The summed E-state index contributed by atoms with van der Waals surface area (Å²) in [7, 11) is 0. The molecule has 1 aliphatic rings. The summed E-state index contributed by atoms with van der Waals surface area (Å²) in [4.78, 5) is 24.4. The van der Waals surface area contributed by atoms with Crippen LogP contribution in [-0.4, -0.2) is 16.4 Å². The molecule has 3 rings (SSSR count). The van der Waals surface area contributed by atoms with Crippen LogP contribution in [0, 0.1) is 15.5 Å². The number of benzene rings is 2. The fourth-order valence-electron chi connectivity index (χ4n) is 4.19. The van der Waals surface area contributed by atoms with E-state index >= 15 is 0 Å². The van der Waals surface area contributed by atoms with E-state index in [-0.39, 0.29) is 28.1 Å². The molecule has 1 amide bonds. The number of nitro groups is 1. The molecule has 0 saturated heterocycles. The fourth-order valence-corrected chi connectivity index (χ4v) is 4.19. The monoisotopic (exact) mass is 380 g/mol. The van der Waals surface area contributed by atoms with E-state index in [1.54, 1.807) is 12.1 Å². The van der Waals surface area contributed by atoms with Gasteiger partial charge in [0.05, 0.1) is 4.92 Å². The first-order chi connectivity index (χ1) is 13.2. The van der Waals surface area contributed by atoms with Crippen LogP contribution in [0.2, 0.25) is 0 Å². The lowest BCUT2D eigenvalue weighted by molar-refractivity contribution is -0.385. The number of nitrogens with one attached hydrogen (secondary N) is 1. The first-order valence-corrected chi connectivity index (χ1v) is 9.90. The summed E-state index contributed by atoms with van der Waals surface area (Å²) in [5.41, 5.74) is 1.12. The average molecular weight is 380 g/mol. The summed E-state index contributed by atoms with van der Waals surface area (Å²) in [5, 5.41) is 14.9. The molecule has 0 spiro atoms. The van der Waals surface area contributed by atoms with Crippen molar-refractivity contribution in [3.63, 3.8) is 0 Å². The van der Waals surface area contributed by atoms with Gasteiger partial charge in [0.2, 0.25) is 0 Å². The summed E-state index contributed by atoms with van der Waals surface area (Å²) >= 11 is 0. The van der Waals surface area contributed by atoms with Crippen LogP contribution >= 0.6 is 0 Å². The Labute approximate surface area is 166 Å². The third-order valence-corrected chi connectivity index (χ3v) is 6.04. The smallest absolute Gasteiger partial charge is 0.282 e. The van der Waals surface area contributed by atoms with Gasteiger partial charge in [-0.1, -0.05) is 76.4 Å². The molecule has 28 heavy (non-hydrogen) atoms. The lowest BCUT2D eigenvalue weighted by Crippen LogP contribution is -2.58. The summed E-state index contributed by atoms with van der Waals surface area (Å²) in [6.07, 6.45) is 5.09. The minimum atomic E-state index is -0.466. The molecule has 1 aliphatic carbocycles. The van der Waals surface area contributed by atoms with Crippen LogP contribution in [0.25, 0.3) is 11.1 Å². The molecule has 5 heteroatoms. The minimum absolute atomic E-state index is 0.123. The van der Waals surface area contributed by atoms with E-state index in [0.717, 1.165) is 36.8 Å². The number of hydrogen-bond acceptors (Lipinski definition) is 3. The highest BCUT2D eigenvalue weighted by molar-refractivity contribution is 5.99. The highest BCUT2D eigenvalue weighted by atomic mass is 16.6. The van der Waals surface area contributed by atoms with Crippen molar-refractivity contribution >= 4 is 11.6 Å². The van der Waals surface area contributed by atoms with E-state index in [1.165, 1.54) is 12.5 Å². The van der Waals surface area contributed by atoms with E-state index in [4.69, 9.17) is 0 Å². The van der Waals surface area contributed by atoms with Crippen molar-refractivity contribution in [1.82, 2.24) is 5.32 Å². The largest absolute Gasteiger partial charge is 0.346 e. The Balaban J connectivity index is 1.96. The van der Waals surface area contributed by atoms with Crippen molar-refractivity contribution in [1.29, 1.82) is 0 Å². The van der Waals surface area contributed by atoms with Crippen LogP contribution in [0.5, 0.6) is 0 Å². The first kappa shape index (κ1) is 20.1. The van der Waals surface area contributed by atoms with Crippen LogP contribution < -0.4 is 5.32 Å². The van der Waals surface area contributed by atoms with Gasteiger partial charge in [-0.25, -0.2) is 0 Å². The molecule has 1 fully saturated rings. The van der Waals surface area contributed by atoms with Gasteiger partial charge in [-0.15, -0.1) is 0 Å². The van der Waals surface area contributed by atoms with E-state index in [1.807, 2.05) is 30.3 Å². The summed E-state index contributed by atoms with van der Waals surface area (Å²) < 4.78 is 0. The predicted octanol–water partition coefficient (Wildman–Crippen LogP) is 5.74. The Morgan fingerprint density at radius 1 is 1.00 bits per heavy atom. The Morgan fingerprint density at radius 2 is 1.64 bits per heavy atom. The van der Waals surface area contributed by atoms with Crippen molar-refractivity contribution in [2.45, 2.75) is 58.4 Å². The van der Waals surface area contributed by atoms with Crippen molar-refractivity contribution in [2.75, 3.05) is 0 Å². The summed E-state index contributed by atoms with van der Waals surface area (Å²) in [6, 6.07) is 14.3. The maximum atomic E-state index is 13.1. The van der Waals surface area contributed by atoms with Gasteiger partial charge in [-0.3, -0.25) is 14.9 Å². The quantitative estimate of drug-likeness (QED) is 0.543. The molecular weight excluding hydrogens is 352 g/mol. The van der Waals surface area contributed by atoms with E-state index < -0.39 is 4.92 Å². The second-order valence-corrected chi connectivity index (χ2v) is 8.70. The standard InChI is InChI=1S/C23H28N2O3/c1-22(2,3)23(14-8-5-9-15-23)24-21(26)19-13-12-18(16-20(19)25(27)28)17-10-6-4-7-11-17/h4,6-7,10-13,16H,5,8-9,14-15H2,1-3H3,(H,24,26). The average Bonchev–Trinajstić information content (AvgIpc) is 2.68. The van der Waals surface area contributed by atoms with Gasteiger partial charge < -0.3 is 5.32 Å². The molecule has 148 valence electrons. The third kappa shape index (κ3) is 3.93. The Hall–Kier alpha value is -2.69. The fraction of sp³-hybridized carbons (Fsp3) is 0.435. The molecular formula is C23H28N2O3. The van der Waals surface area contributed by atoms with Crippen molar-refractivity contribution in [3.8, 4) is 11.1 Å². The Bertz CT molecular complexity index is 863. The van der Waals surface area contributed by atoms with Crippen molar-refractivity contribution < 1.29 is 9.72 Å².